The van der Waals surface area contributed by atoms with Crippen molar-refractivity contribution in [3.05, 3.63) is 121 Å². The molecule has 0 radical (unpaired) electrons. The number of benzene rings is 5. The van der Waals surface area contributed by atoms with Crippen molar-refractivity contribution in [2.24, 2.45) is 0 Å². The van der Waals surface area contributed by atoms with Crippen molar-refractivity contribution in [2.45, 2.75) is 0 Å². The van der Waals surface area contributed by atoms with Crippen LogP contribution in [0.4, 0.5) is 0 Å². The van der Waals surface area contributed by atoms with Crippen LogP contribution >= 0.6 is 22.7 Å². The van der Waals surface area contributed by atoms with Gasteiger partial charge in [-0.3, -0.25) is 4.57 Å². The zero-order valence-electron chi connectivity index (χ0n) is 22.7. The number of hydrogen-bond acceptors (Lipinski definition) is 5. The molecular weight excluding hydrogens is 565 g/mol. The molecule has 0 fully saturated rings. The Bertz CT molecular complexity index is 2700. The number of fused-ring (bicyclic) bond motifs is 13. The van der Waals surface area contributed by atoms with E-state index in [0.717, 1.165) is 43.4 Å². The van der Waals surface area contributed by atoms with Crippen LogP contribution in [0.1, 0.15) is 0 Å². The summed E-state index contributed by atoms with van der Waals surface area (Å²) in [5, 5.41) is 8.49. The maximum atomic E-state index is 5.35. The standard InChI is InChI=1S/C37H20N4S2/c1-2-11-21(12-3-1)32-22-13-4-7-17-26(22)39-37(40-32)41-27-18-8-5-14-23(27)29-33(41)30-25-16-10-20-38-36(25)43-35(30)31-24-15-6-9-19-28(24)42-34(29)31/h1-20H. The van der Waals surface area contributed by atoms with Gasteiger partial charge in [-0.1, -0.05) is 84.9 Å². The van der Waals surface area contributed by atoms with Gasteiger partial charge in [-0.15, -0.1) is 22.7 Å². The Morgan fingerprint density at radius 1 is 0.535 bits per heavy atom. The van der Waals surface area contributed by atoms with Gasteiger partial charge >= 0.3 is 0 Å². The number of aromatic nitrogens is 4. The van der Waals surface area contributed by atoms with Crippen molar-refractivity contribution in [2.75, 3.05) is 0 Å². The Balaban J connectivity index is 1.49. The molecule has 0 saturated carbocycles. The van der Waals surface area contributed by atoms with E-state index in [2.05, 4.69) is 108 Å². The highest BCUT2D eigenvalue weighted by molar-refractivity contribution is 7.30. The van der Waals surface area contributed by atoms with Crippen LogP contribution in [0.15, 0.2) is 121 Å². The van der Waals surface area contributed by atoms with Crippen molar-refractivity contribution in [1.82, 2.24) is 19.5 Å². The summed E-state index contributed by atoms with van der Waals surface area (Å²) in [6.07, 6.45) is 1.89. The van der Waals surface area contributed by atoms with E-state index < -0.39 is 0 Å². The first kappa shape index (κ1) is 23.4. The molecule has 0 atom stereocenters. The molecule has 0 aliphatic carbocycles. The second kappa shape index (κ2) is 8.67. The van der Waals surface area contributed by atoms with Crippen LogP contribution in [0.25, 0.3) is 90.4 Å². The quantitative estimate of drug-likeness (QED) is 0.203. The van der Waals surface area contributed by atoms with E-state index in [-0.39, 0.29) is 0 Å². The molecule has 10 rings (SSSR count). The Morgan fingerprint density at radius 3 is 2.14 bits per heavy atom. The van der Waals surface area contributed by atoms with Gasteiger partial charge in [0.25, 0.3) is 0 Å². The molecule has 0 unspecified atom stereocenters. The highest BCUT2D eigenvalue weighted by Crippen LogP contribution is 2.51. The molecule has 6 heteroatoms. The molecule has 0 N–H and O–H groups in total. The third-order valence-corrected chi connectivity index (χ3v) is 10.8. The molecule has 5 heterocycles. The number of thiophene rings is 2. The zero-order chi connectivity index (χ0) is 28.1. The predicted molar refractivity (Wildman–Crippen MR) is 183 cm³/mol. The van der Waals surface area contributed by atoms with Crippen LogP contribution < -0.4 is 0 Å². The van der Waals surface area contributed by atoms with E-state index >= 15 is 0 Å². The molecule has 43 heavy (non-hydrogen) atoms. The molecule has 0 spiro atoms. The van der Waals surface area contributed by atoms with Gasteiger partial charge < -0.3 is 0 Å². The van der Waals surface area contributed by atoms with Gasteiger partial charge in [0.1, 0.15) is 4.83 Å². The number of pyridine rings is 1. The largest absolute Gasteiger partial charge is 0.277 e. The SMILES string of the molecule is c1ccc(-c2nc(-n3c4ccccc4c4c5sc6ccccc6c5c5sc6ncccc6c5c43)nc3ccccc23)cc1. The first-order valence-corrected chi connectivity index (χ1v) is 15.8. The molecule has 0 aliphatic heterocycles. The summed E-state index contributed by atoms with van der Waals surface area (Å²) in [5.41, 5.74) is 5.17. The summed E-state index contributed by atoms with van der Waals surface area (Å²) in [7, 11) is 0. The van der Waals surface area contributed by atoms with Crippen LogP contribution in [0.2, 0.25) is 0 Å². The fourth-order valence-electron chi connectivity index (χ4n) is 6.69. The summed E-state index contributed by atoms with van der Waals surface area (Å²) >= 11 is 3.66. The zero-order valence-corrected chi connectivity index (χ0v) is 24.3. The molecule has 200 valence electrons. The van der Waals surface area contributed by atoms with Gasteiger partial charge in [0.2, 0.25) is 5.95 Å². The average molecular weight is 585 g/mol. The number of hydrogen-bond donors (Lipinski definition) is 0. The van der Waals surface area contributed by atoms with Crippen LogP contribution in [-0.4, -0.2) is 19.5 Å². The fourth-order valence-corrected chi connectivity index (χ4v) is 9.23. The summed E-state index contributed by atoms with van der Waals surface area (Å²) in [6.45, 7) is 0. The predicted octanol–water partition coefficient (Wildman–Crippen LogP) is 10.5. The Kier molecular flexibility index (Phi) is 4.72. The lowest BCUT2D eigenvalue weighted by molar-refractivity contribution is 1.02. The second-order valence-corrected chi connectivity index (χ2v) is 12.8. The molecule has 0 aliphatic rings. The number of para-hydroxylation sites is 2. The molecule has 10 aromatic rings. The molecule has 0 amide bonds. The third kappa shape index (κ3) is 3.16. The minimum absolute atomic E-state index is 0.675. The molecule has 0 saturated heterocycles. The lowest BCUT2D eigenvalue weighted by Crippen LogP contribution is -2.03. The minimum atomic E-state index is 0.675. The fraction of sp³-hybridized carbons (Fsp3) is 0. The van der Waals surface area contributed by atoms with Crippen LogP contribution in [0.5, 0.6) is 0 Å². The first-order chi connectivity index (χ1) is 21.3. The van der Waals surface area contributed by atoms with E-state index in [1.165, 1.54) is 41.0 Å². The Hall–Kier alpha value is -5.17. The molecule has 4 nitrogen and oxygen atoms in total. The van der Waals surface area contributed by atoms with E-state index in [4.69, 9.17) is 15.0 Å². The number of rotatable bonds is 2. The maximum Gasteiger partial charge on any atom is 0.235 e. The van der Waals surface area contributed by atoms with Crippen LogP contribution in [0, 0.1) is 0 Å². The van der Waals surface area contributed by atoms with Crippen molar-refractivity contribution in [3.8, 4) is 17.2 Å². The summed E-state index contributed by atoms with van der Waals surface area (Å²) in [6, 6.07) is 40.5. The molecule has 5 aromatic heterocycles. The van der Waals surface area contributed by atoms with Gasteiger partial charge in [0.15, 0.2) is 0 Å². The van der Waals surface area contributed by atoms with Crippen LogP contribution in [0.3, 0.4) is 0 Å². The highest BCUT2D eigenvalue weighted by atomic mass is 32.1. The van der Waals surface area contributed by atoms with E-state index in [9.17, 15) is 0 Å². The van der Waals surface area contributed by atoms with Gasteiger partial charge in [-0.05, 0) is 30.3 Å². The normalized spacial score (nSPS) is 12.2. The Labute approximate surface area is 253 Å². The minimum Gasteiger partial charge on any atom is -0.277 e. The van der Waals surface area contributed by atoms with E-state index in [1.807, 2.05) is 29.7 Å². The topological polar surface area (TPSA) is 43.6 Å². The maximum absolute atomic E-state index is 5.35. The molecular formula is C37H20N4S2. The molecule has 0 bridgehead atoms. The average Bonchev–Trinajstić information content (AvgIpc) is 3.74. The first-order valence-electron chi connectivity index (χ1n) is 14.2. The Morgan fingerprint density at radius 2 is 1.23 bits per heavy atom. The van der Waals surface area contributed by atoms with E-state index in [1.54, 1.807) is 11.3 Å². The molecule has 5 aromatic carbocycles. The van der Waals surface area contributed by atoms with Crippen molar-refractivity contribution in [1.29, 1.82) is 0 Å². The highest BCUT2D eigenvalue weighted by Gasteiger charge is 2.25. The van der Waals surface area contributed by atoms with E-state index in [0.29, 0.717) is 5.95 Å². The van der Waals surface area contributed by atoms with Crippen molar-refractivity contribution >= 4 is 95.9 Å². The summed E-state index contributed by atoms with van der Waals surface area (Å²) < 4.78 is 6.16. The third-order valence-electron chi connectivity index (χ3n) is 8.47. The van der Waals surface area contributed by atoms with Gasteiger partial charge in [-0.2, -0.15) is 0 Å². The lowest BCUT2D eigenvalue weighted by atomic mass is 10.0. The monoisotopic (exact) mass is 584 g/mol. The summed E-state index contributed by atoms with van der Waals surface area (Å²) in [4.78, 5) is 16.5. The van der Waals surface area contributed by atoms with Gasteiger partial charge in [0.05, 0.1) is 22.2 Å². The lowest BCUT2D eigenvalue weighted by Gasteiger charge is -2.12. The smallest absolute Gasteiger partial charge is 0.235 e. The second-order valence-electron chi connectivity index (χ2n) is 10.8. The van der Waals surface area contributed by atoms with Crippen LogP contribution in [-0.2, 0) is 0 Å². The number of nitrogens with zero attached hydrogens (tertiary/aromatic N) is 4. The van der Waals surface area contributed by atoms with Gasteiger partial charge in [-0.25, -0.2) is 15.0 Å². The van der Waals surface area contributed by atoms with Gasteiger partial charge in [0, 0.05) is 63.6 Å². The van der Waals surface area contributed by atoms with Crippen molar-refractivity contribution in [3.63, 3.8) is 0 Å². The summed E-state index contributed by atoms with van der Waals surface area (Å²) in [5.74, 6) is 0.675. The van der Waals surface area contributed by atoms with Crippen molar-refractivity contribution < 1.29 is 0 Å².